The summed E-state index contributed by atoms with van der Waals surface area (Å²) in [6.45, 7) is 9.64. The van der Waals surface area contributed by atoms with Crippen LogP contribution in [-0.2, 0) is 13.0 Å². The van der Waals surface area contributed by atoms with Gasteiger partial charge in [-0.2, -0.15) is 0 Å². The largest absolute Gasteiger partial charge is 0.490 e. The van der Waals surface area contributed by atoms with Gasteiger partial charge in [-0.3, -0.25) is 4.90 Å². The van der Waals surface area contributed by atoms with E-state index < -0.39 is 0 Å². The van der Waals surface area contributed by atoms with Crippen LogP contribution in [0.4, 0.5) is 0 Å². The fourth-order valence-electron chi connectivity index (χ4n) is 3.56. The Morgan fingerprint density at radius 1 is 1.15 bits per heavy atom. The molecule has 0 spiro atoms. The summed E-state index contributed by atoms with van der Waals surface area (Å²) in [6.07, 6.45) is 0.830. The standard InChI is InChI=1S/C21H30N2O4/c1-6-25-19-10-16-15-8-9-23(12-14(3)22(4)5)13-17(15)21(24)27-18(16)11-20(19)26-7-2/h10-11,14H,6-9,12-13H2,1-5H3. The van der Waals surface area contributed by atoms with Crippen LogP contribution in [-0.4, -0.2) is 56.2 Å². The molecule has 0 amide bonds. The van der Waals surface area contributed by atoms with Crippen molar-refractivity contribution >= 4 is 11.0 Å². The highest BCUT2D eigenvalue weighted by Gasteiger charge is 2.25. The van der Waals surface area contributed by atoms with Crippen LogP contribution in [0.2, 0.25) is 0 Å². The zero-order valence-corrected chi connectivity index (χ0v) is 17.0. The number of ether oxygens (including phenoxy) is 2. The van der Waals surface area contributed by atoms with Gasteiger partial charge < -0.3 is 18.8 Å². The van der Waals surface area contributed by atoms with E-state index in [1.807, 2.05) is 19.9 Å². The van der Waals surface area contributed by atoms with E-state index in [2.05, 4.69) is 30.8 Å². The summed E-state index contributed by atoms with van der Waals surface area (Å²) >= 11 is 0. The maximum Gasteiger partial charge on any atom is 0.341 e. The molecule has 1 unspecified atom stereocenters. The van der Waals surface area contributed by atoms with Gasteiger partial charge in [-0.1, -0.05) is 0 Å². The van der Waals surface area contributed by atoms with Crippen molar-refractivity contribution in [3.05, 3.63) is 33.7 Å². The second kappa shape index (κ2) is 8.31. The molecule has 1 aliphatic rings. The van der Waals surface area contributed by atoms with Crippen LogP contribution in [0.1, 0.15) is 31.9 Å². The number of fused-ring (bicyclic) bond motifs is 3. The molecule has 2 aromatic rings. The molecule has 1 aliphatic heterocycles. The minimum absolute atomic E-state index is 0.244. The van der Waals surface area contributed by atoms with E-state index in [1.54, 1.807) is 6.07 Å². The Bertz CT molecular complexity index is 859. The number of nitrogens with zero attached hydrogens (tertiary/aromatic N) is 2. The molecule has 3 rings (SSSR count). The molecule has 0 radical (unpaired) electrons. The van der Waals surface area contributed by atoms with Crippen LogP contribution in [0.3, 0.4) is 0 Å². The number of hydrogen-bond acceptors (Lipinski definition) is 6. The van der Waals surface area contributed by atoms with Crippen LogP contribution in [0.15, 0.2) is 21.3 Å². The molecule has 0 aliphatic carbocycles. The smallest absolute Gasteiger partial charge is 0.341 e. The van der Waals surface area contributed by atoms with Crippen molar-refractivity contribution in [3.63, 3.8) is 0 Å². The maximum atomic E-state index is 12.6. The minimum atomic E-state index is -0.244. The average molecular weight is 374 g/mol. The Morgan fingerprint density at radius 2 is 1.81 bits per heavy atom. The lowest BCUT2D eigenvalue weighted by molar-refractivity contribution is 0.179. The van der Waals surface area contributed by atoms with E-state index in [0.717, 1.165) is 36.0 Å². The van der Waals surface area contributed by atoms with Gasteiger partial charge in [0.1, 0.15) is 5.58 Å². The summed E-state index contributed by atoms with van der Waals surface area (Å²) in [5.74, 6) is 1.32. The normalized spacial score (nSPS) is 15.8. The molecule has 0 fully saturated rings. The Hall–Kier alpha value is -2.05. The van der Waals surface area contributed by atoms with Crippen molar-refractivity contribution in [3.8, 4) is 11.5 Å². The quantitative estimate of drug-likeness (QED) is 0.695. The zero-order chi connectivity index (χ0) is 19.6. The summed E-state index contributed by atoms with van der Waals surface area (Å²) < 4.78 is 17.1. The van der Waals surface area contributed by atoms with E-state index >= 15 is 0 Å². The van der Waals surface area contributed by atoms with Crippen molar-refractivity contribution in [2.75, 3.05) is 40.4 Å². The zero-order valence-electron chi connectivity index (χ0n) is 17.0. The van der Waals surface area contributed by atoms with Gasteiger partial charge >= 0.3 is 5.63 Å². The molecule has 6 nitrogen and oxygen atoms in total. The SMILES string of the molecule is CCOc1cc2oc(=O)c3c(c2cc1OCC)CCN(CC(C)N(C)C)C3. The van der Waals surface area contributed by atoms with Crippen molar-refractivity contribution < 1.29 is 13.9 Å². The molecule has 0 bridgehead atoms. The molecule has 1 aromatic carbocycles. The Balaban J connectivity index is 2.00. The van der Waals surface area contributed by atoms with Gasteiger partial charge in [-0.05, 0) is 52.9 Å². The maximum absolute atomic E-state index is 12.6. The molecule has 148 valence electrons. The highest BCUT2D eigenvalue weighted by molar-refractivity contribution is 5.85. The molecular formula is C21H30N2O4. The third kappa shape index (κ3) is 4.12. The number of benzene rings is 1. The first-order valence-corrected chi connectivity index (χ1v) is 9.71. The van der Waals surface area contributed by atoms with E-state index in [0.29, 0.717) is 42.9 Å². The average Bonchev–Trinajstić information content (AvgIpc) is 2.63. The first kappa shape index (κ1) is 19.7. The second-order valence-electron chi connectivity index (χ2n) is 7.31. The lowest BCUT2D eigenvalue weighted by Gasteiger charge is -2.32. The predicted octanol–water partition coefficient (Wildman–Crippen LogP) is 2.90. The lowest BCUT2D eigenvalue weighted by Crippen LogP contribution is -2.42. The fraction of sp³-hybridized carbons (Fsp3) is 0.571. The first-order valence-electron chi connectivity index (χ1n) is 9.71. The van der Waals surface area contributed by atoms with Crippen LogP contribution in [0.5, 0.6) is 11.5 Å². The Kier molecular flexibility index (Phi) is 6.07. The van der Waals surface area contributed by atoms with Gasteiger partial charge in [0.25, 0.3) is 0 Å². The number of likely N-dealkylation sites (N-methyl/N-ethyl adjacent to an activating group) is 1. The van der Waals surface area contributed by atoms with Crippen LogP contribution < -0.4 is 15.1 Å². The monoisotopic (exact) mass is 374 g/mol. The Labute approximate surface area is 160 Å². The van der Waals surface area contributed by atoms with E-state index in [9.17, 15) is 4.79 Å². The van der Waals surface area contributed by atoms with Gasteiger partial charge in [0.2, 0.25) is 0 Å². The lowest BCUT2D eigenvalue weighted by atomic mass is 9.97. The second-order valence-corrected chi connectivity index (χ2v) is 7.31. The Morgan fingerprint density at radius 3 is 2.44 bits per heavy atom. The summed E-state index contributed by atoms with van der Waals surface area (Å²) in [6, 6.07) is 4.17. The molecule has 27 heavy (non-hydrogen) atoms. The highest BCUT2D eigenvalue weighted by Crippen LogP contribution is 2.35. The molecular weight excluding hydrogens is 344 g/mol. The third-order valence-corrected chi connectivity index (χ3v) is 5.25. The molecule has 6 heteroatoms. The molecule has 0 N–H and O–H groups in total. The van der Waals surface area contributed by atoms with Crippen molar-refractivity contribution in [1.82, 2.24) is 9.80 Å². The number of hydrogen-bond donors (Lipinski definition) is 0. The van der Waals surface area contributed by atoms with Gasteiger partial charge in [0, 0.05) is 37.1 Å². The summed E-state index contributed by atoms with van der Waals surface area (Å²) in [7, 11) is 4.16. The third-order valence-electron chi connectivity index (χ3n) is 5.25. The van der Waals surface area contributed by atoms with Crippen LogP contribution >= 0.6 is 0 Å². The molecule has 0 saturated carbocycles. The van der Waals surface area contributed by atoms with Crippen LogP contribution in [0, 0.1) is 0 Å². The molecule has 0 saturated heterocycles. The molecule has 1 aromatic heterocycles. The van der Waals surface area contributed by atoms with Gasteiger partial charge in [-0.15, -0.1) is 0 Å². The predicted molar refractivity (Wildman–Crippen MR) is 107 cm³/mol. The van der Waals surface area contributed by atoms with E-state index in [1.165, 1.54) is 0 Å². The summed E-state index contributed by atoms with van der Waals surface area (Å²) in [5, 5.41) is 0.955. The van der Waals surface area contributed by atoms with Crippen molar-refractivity contribution in [2.45, 2.75) is 39.8 Å². The van der Waals surface area contributed by atoms with Gasteiger partial charge in [0.05, 0.1) is 18.8 Å². The van der Waals surface area contributed by atoms with E-state index in [4.69, 9.17) is 13.9 Å². The van der Waals surface area contributed by atoms with E-state index in [-0.39, 0.29) is 5.63 Å². The topological polar surface area (TPSA) is 55.2 Å². The van der Waals surface area contributed by atoms with Crippen molar-refractivity contribution in [1.29, 1.82) is 0 Å². The molecule has 1 atom stereocenters. The highest BCUT2D eigenvalue weighted by atomic mass is 16.5. The van der Waals surface area contributed by atoms with Crippen molar-refractivity contribution in [2.24, 2.45) is 0 Å². The fourth-order valence-corrected chi connectivity index (χ4v) is 3.56. The minimum Gasteiger partial charge on any atom is -0.490 e. The summed E-state index contributed by atoms with van der Waals surface area (Å²) in [5.41, 5.74) is 2.18. The van der Waals surface area contributed by atoms with Gasteiger partial charge in [0.15, 0.2) is 11.5 Å². The summed E-state index contributed by atoms with van der Waals surface area (Å²) in [4.78, 5) is 17.2. The molecule has 2 heterocycles. The number of rotatable bonds is 7. The van der Waals surface area contributed by atoms with Crippen LogP contribution in [0.25, 0.3) is 11.0 Å². The first-order chi connectivity index (χ1) is 12.9. The van der Waals surface area contributed by atoms with Gasteiger partial charge in [-0.25, -0.2) is 4.79 Å².